The second kappa shape index (κ2) is 64.0. The number of nitrogens with one attached hydrogen (secondary N) is 4. The van der Waals surface area contributed by atoms with Crippen LogP contribution in [0.5, 0.6) is 0 Å². The lowest BCUT2D eigenvalue weighted by atomic mass is 10.2. The van der Waals surface area contributed by atoms with Crippen molar-refractivity contribution in [2.24, 2.45) is 11.5 Å². The van der Waals surface area contributed by atoms with Crippen molar-refractivity contribution in [3.05, 3.63) is 0 Å². The topological polar surface area (TPSA) is 416 Å². The van der Waals surface area contributed by atoms with Gasteiger partial charge in [-0.05, 0) is 110 Å². The van der Waals surface area contributed by atoms with E-state index in [1.54, 1.807) is 13.8 Å². The lowest BCUT2D eigenvalue weighted by Crippen LogP contribution is -2.49. The number of hydroxylamine groups is 3. The number of aliphatic carboxylic acids is 2. The van der Waals surface area contributed by atoms with Gasteiger partial charge in [0.15, 0.2) is 0 Å². The lowest BCUT2D eigenvalue weighted by Gasteiger charge is -2.31. The Kier molecular flexibility index (Phi) is 64.6. The number of nitrogens with zero attached hydrogens (tertiary/aromatic N) is 2. The second-order valence-corrected chi connectivity index (χ2v) is 23.6. The van der Waals surface area contributed by atoms with E-state index >= 15 is 0 Å². The van der Waals surface area contributed by atoms with E-state index in [1.165, 1.54) is 26.6 Å². The number of hydrogen-bond donors (Lipinski definition) is 8. The van der Waals surface area contributed by atoms with Gasteiger partial charge >= 0.3 is 29.8 Å². The zero-order valence-corrected chi connectivity index (χ0v) is 61.6. The SMILES string of the molecule is CC(COCCOCC(C)OCC(C)NC(=O)CCC(=O)O)NC(=O)CCC(=O)O.CC(N)COCCOCC(C)OCC(C)N.CCN(CC)CC.CC[N+](CC)(CC)OC(=O)CCC(=O)NC(C)COC(C)COCCOCC(C)NC(=O)CCC(C)=O.O=C1CCC(=O)O1. The van der Waals surface area contributed by atoms with Gasteiger partial charge in [0.25, 0.3) is 0 Å². The van der Waals surface area contributed by atoms with Crippen LogP contribution in [0.1, 0.15) is 175 Å². The first-order valence-electron chi connectivity index (χ1n) is 34.2. The molecule has 4 amide bonds. The molecular weight excluding hydrogens is 1270 g/mol. The summed E-state index contributed by atoms with van der Waals surface area (Å²) in [7, 11) is 0. The van der Waals surface area contributed by atoms with Crippen molar-refractivity contribution in [2.75, 3.05) is 138 Å². The Hall–Kier alpha value is -5.42. The smallest absolute Gasteiger partial charge is 0.367 e. The van der Waals surface area contributed by atoms with Crippen molar-refractivity contribution >= 4 is 59.3 Å². The number of carboxylic acids is 2. The molecule has 10 N–H and O–H groups in total. The fourth-order valence-corrected chi connectivity index (χ4v) is 7.70. The first kappa shape index (κ1) is 98.0. The van der Waals surface area contributed by atoms with E-state index in [2.05, 4.69) is 51.7 Å². The van der Waals surface area contributed by atoms with Gasteiger partial charge in [-0.15, -0.1) is 4.65 Å². The minimum Gasteiger partial charge on any atom is -0.481 e. The molecule has 9 unspecified atom stereocenters. The van der Waals surface area contributed by atoms with Crippen LogP contribution in [-0.4, -0.2) is 272 Å². The average Bonchev–Trinajstić information content (AvgIpc) is 1.46. The fraction of sp³-hybridized carbons (Fsp3) is 0.848. The van der Waals surface area contributed by atoms with E-state index in [4.69, 9.17) is 69.1 Å². The van der Waals surface area contributed by atoms with Crippen molar-refractivity contribution in [2.45, 2.75) is 230 Å². The largest absolute Gasteiger partial charge is 0.481 e. The summed E-state index contributed by atoms with van der Waals surface area (Å²) in [5, 5.41) is 28.0. The standard InChI is InChI=1S/C26H49N3O8.C19H34N2O9.C11H26N2O3.C6H15N.C4H4O3/c1-8-29(9-2,10-3)37-26(33)14-13-25(32)28-21(5)18-36-23(7)19-35-16-15-34-17-20(4)27-24(31)12-11-22(6)30;1-13(20-16(22)4-6-18(24)25)10-28-8-9-29-12-15(3)30-11-14(2)21-17(23)5-7-19(26)27;1-9(12)6-14-4-5-15-8-11(3)16-7-10(2)13;1-4-7(5-2)6-3;5-3-1-2-4(6)7-3/h20-21,23H,8-19H2,1-7H3,(H-,27,28,31,32);13-15H,4-12H2,1-3H3,(H,20,22)(H,21,23)(H,24,25)(H,26,27);9-11H,4-8,12-13H2,1-3H3;4-6H2,1-3H3;1-2H2/p+1. The van der Waals surface area contributed by atoms with Gasteiger partial charge in [-0.25, -0.2) is 4.79 Å². The molecule has 0 aromatic rings. The van der Waals surface area contributed by atoms with Gasteiger partial charge in [0, 0.05) is 68.4 Å². The van der Waals surface area contributed by atoms with Crippen LogP contribution in [0.3, 0.4) is 0 Å². The summed E-state index contributed by atoms with van der Waals surface area (Å²) in [4.78, 5) is 119. The number of hydrogen-bond acceptors (Lipinski definition) is 24. The number of carbonyl (C=O) groups is 10. The Labute approximate surface area is 577 Å². The third-order valence-corrected chi connectivity index (χ3v) is 13.3. The zero-order valence-electron chi connectivity index (χ0n) is 61.6. The molecule has 0 aromatic carbocycles. The molecule has 0 saturated carbocycles. The third kappa shape index (κ3) is 68.9. The summed E-state index contributed by atoms with van der Waals surface area (Å²) in [6.07, 6.45) is 0.223. The molecule has 1 rings (SSSR count). The number of carbonyl (C=O) groups excluding carboxylic acids is 8. The van der Waals surface area contributed by atoms with Gasteiger partial charge in [-0.2, -0.15) is 0 Å². The van der Waals surface area contributed by atoms with Crippen LogP contribution in [-0.2, 0) is 100 Å². The van der Waals surface area contributed by atoms with Gasteiger partial charge in [-0.3, -0.25) is 43.2 Å². The van der Waals surface area contributed by atoms with E-state index in [0.29, 0.717) is 106 Å². The summed E-state index contributed by atoms with van der Waals surface area (Å²) in [6.45, 7) is 42.5. The van der Waals surface area contributed by atoms with Crippen LogP contribution >= 0.6 is 0 Å². The van der Waals surface area contributed by atoms with Crippen molar-refractivity contribution < 1.29 is 115 Å². The van der Waals surface area contributed by atoms with Crippen molar-refractivity contribution in [3.63, 3.8) is 0 Å². The monoisotopic (exact) mass is 1400 g/mol. The predicted molar refractivity (Wildman–Crippen MR) is 364 cm³/mol. The molecule has 31 heteroatoms. The number of cyclic esters (lactones) is 2. The number of nitrogens with two attached hydrogens (primary N) is 2. The Morgan fingerprint density at radius 2 is 0.722 bits per heavy atom. The molecule has 570 valence electrons. The molecule has 0 aromatic heterocycles. The highest BCUT2D eigenvalue weighted by molar-refractivity contribution is 5.92. The van der Waals surface area contributed by atoms with E-state index in [9.17, 15) is 47.9 Å². The first-order valence-corrected chi connectivity index (χ1v) is 34.2. The van der Waals surface area contributed by atoms with E-state index in [0.717, 1.165) is 0 Å². The predicted octanol–water partition coefficient (Wildman–Crippen LogP) is 3.40. The Morgan fingerprint density at radius 1 is 0.433 bits per heavy atom. The maximum absolute atomic E-state index is 12.2. The molecule has 97 heavy (non-hydrogen) atoms. The molecule has 9 atom stereocenters. The number of ether oxygens (including phenoxy) is 10. The van der Waals surface area contributed by atoms with Crippen LogP contribution in [0.15, 0.2) is 0 Å². The minimum atomic E-state index is -1.02. The minimum absolute atomic E-state index is 0.00973. The average molecular weight is 1400 g/mol. The zero-order chi connectivity index (χ0) is 74.6. The van der Waals surface area contributed by atoms with Gasteiger partial charge in [0.05, 0.1) is 150 Å². The molecular formula is C66H129N8O23+. The Morgan fingerprint density at radius 3 is 0.990 bits per heavy atom. The number of rotatable bonds is 53. The lowest BCUT2D eigenvalue weighted by molar-refractivity contribution is -1.09. The molecule has 1 heterocycles. The molecule has 1 saturated heterocycles. The first-order chi connectivity index (χ1) is 45.7. The van der Waals surface area contributed by atoms with Gasteiger partial charge in [-0.1, -0.05) is 20.8 Å². The number of esters is 2. The van der Waals surface area contributed by atoms with Crippen LogP contribution in [0, 0.1) is 0 Å². The van der Waals surface area contributed by atoms with Crippen LogP contribution in [0.25, 0.3) is 0 Å². The number of ketones is 1. The van der Waals surface area contributed by atoms with Gasteiger partial charge in [0.2, 0.25) is 23.6 Å². The number of amides is 4. The maximum Gasteiger partial charge on any atom is 0.367 e. The second-order valence-electron chi connectivity index (χ2n) is 23.6. The van der Waals surface area contributed by atoms with Gasteiger partial charge < -0.3 is 100 Å². The van der Waals surface area contributed by atoms with E-state index in [1.807, 2.05) is 69.2 Å². The van der Waals surface area contributed by atoms with Crippen LogP contribution in [0.2, 0.25) is 0 Å². The van der Waals surface area contributed by atoms with Crippen molar-refractivity contribution in [1.29, 1.82) is 0 Å². The molecule has 0 radical (unpaired) electrons. The molecule has 1 fully saturated rings. The summed E-state index contributed by atoms with van der Waals surface area (Å²) in [6, 6.07) is -0.700. The number of quaternary nitrogens is 1. The Balaban J connectivity index is -0.000000634. The molecule has 1 aliphatic rings. The Bertz CT molecular complexity index is 2060. The normalized spacial score (nSPS) is 14.6. The van der Waals surface area contributed by atoms with Crippen molar-refractivity contribution in [1.82, 2.24) is 26.2 Å². The fourth-order valence-electron chi connectivity index (χ4n) is 7.70. The number of carboxylic acid groups (broad SMARTS) is 2. The van der Waals surface area contributed by atoms with Crippen LogP contribution in [0.4, 0.5) is 0 Å². The molecule has 0 spiro atoms. The summed E-state index contributed by atoms with van der Waals surface area (Å²) < 4.78 is 53.6. The summed E-state index contributed by atoms with van der Waals surface area (Å²) in [5.41, 5.74) is 11.1. The van der Waals surface area contributed by atoms with E-state index < -0.39 is 23.9 Å². The number of Topliss-reactive ketones (excluding diaryl/α,β-unsaturated/α-hetero) is 1. The van der Waals surface area contributed by atoms with E-state index in [-0.39, 0.29) is 172 Å². The van der Waals surface area contributed by atoms with Crippen molar-refractivity contribution in [3.8, 4) is 0 Å². The third-order valence-electron chi connectivity index (χ3n) is 13.3. The molecule has 0 aliphatic carbocycles. The highest BCUT2D eigenvalue weighted by atomic mass is 16.7. The summed E-state index contributed by atoms with van der Waals surface area (Å²) in [5.74, 6) is -4.26. The van der Waals surface area contributed by atoms with Gasteiger partial charge in [0.1, 0.15) is 25.4 Å². The van der Waals surface area contributed by atoms with Crippen LogP contribution < -0.4 is 32.7 Å². The highest BCUT2D eigenvalue weighted by Crippen LogP contribution is 2.10. The summed E-state index contributed by atoms with van der Waals surface area (Å²) >= 11 is 0. The highest BCUT2D eigenvalue weighted by Gasteiger charge is 2.28. The molecule has 1 aliphatic heterocycles. The maximum atomic E-state index is 12.2. The molecule has 31 nitrogen and oxygen atoms in total. The molecule has 0 bridgehead atoms. The quantitative estimate of drug-likeness (QED) is 0.0142.